The van der Waals surface area contributed by atoms with E-state index in [1.165, 1.54) is 18.4 Å². The highest BCUT2D eigenvalue weighted by atomic mass is 16.6. The molecule has 1 aliphatic rings. The predicted molar refractivity (Wildman–Crippen MR) is 73.7 cm³/mol. The topological polar surface area (TPSA) is 174 Å². The monoisotopic (exact) mass is 338 g/mol. The Morgan fingerprint density at radius 1 is 1.33 bits per heavy atom. The van der Waals surface area contributed by atoms with Gasteiger partial charge in [-0.05, 0) is 12.1 Å². The summed E-state index contributed by atoms with van der Waals surface area (Å²) in [4.78, 5) is 24.1. The Bertz CT molecular complexity index is 756. The molecule has 3 rings (SSSR count). The van der Waals surface area contributed by atoms with Crippen molar-refractivity contribution < 1.29 is 34.1 Å². The number of primary amides is 1. The standard InChI is InChI=1S/C13H14N4O7/c14-12(22)7-8(9(19)5-2-1-3-23-5)17(16-15-7)13-11(21)10(20)6(4-18)24-13/h1-3,6,10-11,13,18,20-21H,4H2,(H2,14,22). The summed E-state index contributed by atoms with van der Waals surface area (Å²) in [5.74, 6) is -1.87. The molecule has 0 spiro atoms. The summed E-state index contributed by atoms with van der Waals surface area (Å²) in [6.07, 6.45) is -4.08. The van der Waals surface area contributed by atoms with Crippen molar-refractivity contribution in [2.45, 2.75) is 24.5 Å². The molecular weight excluding hydrogens is 324 g/mol. The molecule has 11 heteroatoms. The molecular formula is C13H14N4O7. The van der Waals surface area contributed by atoms with Gasteiger partial charge in [-0.15, -0.1) is 5.10 Å². The number of hydrogen-bond acceptors (Lipinski definition) is 9. The van der Waals surface area contributed by atoms with Crippen LogP contribution in [-0.4, -0.2) is 66.9 Å². The van der Waals surface area contributed by atoms with Crippen molar-refractivity contribution in [3.63, 3.8) is 0 Å². The number of rotatable bonds is 5. The summed E-state index contributed by atoms with van der Waals surface area (Å²) in [6.45, 7) is -0.562. The number of furan rings is 1. The molecule has 0 saturated carbocycles. The summed E-state index contributed by atoms with van der Waals surface area (Å²) in [6, 6.07) is 2.83. The number of aromatic nitrogens is 3. The number of ketones is 1. The second-order valence-corrected chi connectivity index (χ2v) is 5.13. The van der Waals surface area contributed by atoms with Crippen LogP contribution in [0, 0.1) is 0 Å². The Hall–Kier alpha value is -2.60. The van der Waals surface area contributed by atoms with Crippen LogP contribution in [0.2, 0.25) is 0 Å². The second kappa shape index (κ2) is 6.13. The molecule has 3 heterocycles. The molecule has 2 aromatic rings. The number of ether oxygens (including phenoxy) is 1. The Labute approximate surface area is 134 Å². The number of carbonyl (C=O) groups excluding carboxylic acids is 2. The SMILES string of the molecule is NC(=O)c1nnn(C2OC(CO)C(O)C2O)c1C(=O)c1ccco1. The van der Waals surface area contributed by atoms with Crippen molar-refractivity contribution in [2.75, 3.05) is 6.61 Å². The molecule has 1 fully saturated rings. The maximum atomic E-state index is 12.6. The largest absolute Gasteiger partial charge is 0.461 e. The quantitative estimate of drug-likeness (QED) is 0.441. The fraction of sp³-hybridized carbons (Fsp3) is 0.385. The van der Waals surface area contributed by atoms with Crippen molar-refractivity contribution in [1.82, 2.24) is 15.0 Å². The van der Waals surface area contributed by atoms with Crippen LogP contribution in [0.4, 0.5) is 0 Å². The van der Waals surface area contributed by atoms with E-state index in [1.54, 1.807) is 0 Å². The lowest BCUT2D eigenvalue weighted by atomic mass is 10.1. The van der Waals surface area contributed by atoms with Gasteiger partial charge in [-0.1, -0.05) is 5.21 Å². The third kappa shape index (κ3) is 2.49. The number of amides is 1. The third-order valence-electron chi connectivity index (χ3n) is 3.65. The van der Waals surface area contributed by atoms with E-state index in [4.69, 9.17) is 20.0 Å². The first-order valence-electron chi connectivity index (χ1n) is 6.91. The van der Waals surface area contributed by atoms with Gasteiger partial charge in [0.1, 0.15) is 24.0 Å². The average molecular weight is 338 g/mol. The number of aliphatic hydroxyl groups excluding tert-OH is 3. The second-order valence-electron chi connectivity index (χ2n) is 5.13. The number of nitrogens with two attached hydrogens (primary N) is 1. The number of carbonyl (C=O) groups is 2. The fourth-order valence-electron chi connectivity index (χ4n) is 2.46. The molecule has 24 heavy (non-hydrogen) atoms. The van der Waals surface area contributed by atoms with Gasteiger partial charge in [-0.25, -0.2) is 4.68 Å². The molecule has 2 aromatic heterocycles. The molecule has 1 amide bonds. The first kappa shape index (κ1) is 16.3. The normalized spacial score (nSPS) is 26.6. The maximum Gasteiger partial charge on any atom is 0.271 e. The van der Waals surface area contributed by atoms with Crippen LogP contribution in [-0.2, 0) is 4.74 Å². The maximum absolute atomic E-state index is 12.6. The Kier molecular flexibility index (Phi) is 4.15. The van der Waals surface area contributed by atoms with E-state index in [0.717, 1.165) is 4.68 Å². The highest BCUT2D eigenvalue weighted by Gasteiger charge is 2.46. The lowest BCUT2D eigenvalue weighted by molar-refractivity contribution is -0.0601. The zero-order chi connectivity index (χ0) is 17.4. The summed E-state index contributed by atoms with van der Waals surface area (Å²) in [5.41, 5.74) is 4.41. The smallest absolute Gasteiger partial charge is 0.271 e. The van der Waals surface area contributed by atoms with Gasteiger partial charge in [0.2, 0.25) is 5.78 Å². The van der Waals surface area contributed by atoms with Crippen LogP contribution >= 0.6 is 0 Å². The van der Waals surface area contributed by atoms with Crippen LogP contribution in [0.1, 0.15) is 33.0 Å². The van der Waals surface area contributed by atoms with Gasteiger partial charge in [0.15, 0.2) is 17.7 Å². The fourth-order valence-corrected chi connectivity index (χ4v) is 2.46. The van der Waals surface area contributed by atoms with E-state index < -0.39 is 48.5 Å². The van der Waals surface area contributed by atoms with Crippen molar-refractivity contribution in [1.29, 1.82) is 0 Å². The van der Waals surface area contributed by atoms with Crippen LogP contribution < -0.4 is 5.73 Å². The number of hydrogen-bond donors (Lipinski definition) is 4. The zero-order valence-electron chi connectivity index (χ0n) is 12.1. The molecule has 5 N–H and O–H groups in total. The minimum Gasteiger partial charge on any atom is -0.461 e. The van der Waals surface area contributed by atoms with Gasteiger partial charge in [0.05, 0.1) is 12.9 Å². The predicted octanol–water partition coefficient (Wildman–Crippen LogP) is -2.19. The van der Waals surface area contributed by atoms with Gasteiger partial charge < -0.3 is 30.2 Å². The average Bonchev–Trinajstić information content (AvgIpc) is 3.27. The molecule has 0 radical (unpaired) electrons. The summed E-state index contributed by atoms with van der Waals surface area (Å²) >= 11 is 0. The van der Waals surface area contributed by atoms with E-state index in [1.807, 2.05) is 0 Å². The van der Waals surface area contributed by atoms with Gasteiger partial charge in [0, 0.05) is 0 Å². The van der Waals surface area contributed by atoms with Crippen molar-refractivity contribution in [2.24, 2.45) is 5.73 Å². The molecule has 4 atom stereocenters. The first-order chi connectivity index (χ1) is 11.5. The van der Waals surface area contributed by atoms with Crippen LogP contribution in [0.25, 0.3) is 0 Å². The minimum atomic E-state index is -1.51. The van der Waals surface area contributed by atoms with Crippen molar-refractivity contribution in [3.05, 3.63) is 35.5 Å². The lowest BCUT2D eigenvalue weighted by Crippen LogP contribution is -2.34. The van der Waals surface area contributed by atoms with Gasteiger partial charge in [-0.2, -0.15) is 0 Å². The Balaban J connectivity index is 2.06. The third-order valence-corrected chi connectivity index (χ3v) is 3.65. The number of aliphatic hydroxyl groups is 3. The van der Waals surface area contributed by atoms with E-state index in [9.17, 15) is 19.8 Å². The summed E-state index contributed by atoms with van der Waals surface area (Å²) in [7, 11) is 0. The van der Waals surface area contributed by atoms with Crippen molar-refractivity contribution in [3.8, 4) is 0 Å². The highest BCUT2D eigenvalue weighted by molar-refractivity contribution is 6.11. The lowest BCUT2D eigenvalue weighted by Gasteiger charge is -2.16. The zero-order valence-corrected chi connectivity index (χ0v) is 12.1. The minimum absolute atomic E-state index is 0.104. The molecule has 4 unspecified atom stereocenters. The highest BCUT2D eigenvalue weighted by Crippen LogP contribution is 2.30. The van der Waals surface area contributed by atoms with Gasteiger partial charge >= 0.3 is 0 Å². The molecule has 11 nitrogen and oxygen atoms in total. The molecule has 0 aliphatic carbocycles. The van der Waals surface area contributed by atoms with Gasteiger partial charge in [0.25, 0.3) is 5.91 Å². The Morgan fingerprint density at radius 2 is 2.08 bits per heavy atom. The molecule has 0 bridgehead atoms. The van der Waals surface area contributed by atoms with E-state index >= 15 is 0 Å². The van der Waals surface area contributed by atoms with E-state index in [2.05, 4.69) is 10.3 Å². The first-order valence-corrected chi connectivity index (χ1v) is 6.91. The van der Waals surface area contributed by atoms with E-state index in [-0.39, 0.29) is 11.5 Å². The van der Waals surface area contributed by atoms with Gasteiger partial charge in [-0.3, -0.25) is 9.59 Å². The van der Waals surface area contributed by atoms with Crippen LogP contribution in [0.5, 0.6) is 0 Å². The van der Waals surface area contributed by atoms with Crippen LogP contribution in [0.15, 0.2) is 22.8 Å². The molecule has 1 aliphatic heterocycles. The van der Waals surface area contributed by atoms with E-state index in [0.29, 0.717) is 0 Å². The van der Waals surface area contributed by atoms with Crippen LogP contribution in [0.3, 0.4) is 0 Å². The molecule has 1 saturated heterocycles. The molecule has 0 aromatic carbocycles. The summed E-state index contributed by atoms with van der Waals surface area (Å²) < 4.78 is 11.1. The molecule has 128 valence electrons. The Morgan fingerprint density at radius 3 is 2.62 bits per heavy atom. The summed E-state index contributed by atoms with van der Waals surface area (Å²) in [5, 5.41) is 36.2. The van der Waals surface area contributed by atoms with Crippen molar-refractivity contribution >= 4 is 11.7 Å². The number of nitrogens with zero attached hydrogens (tertiary/aromatic N) is 3.